The summed E-state index contributed by atoms with van der Waals surface area (Å²) in [5.41, 5.74) is 7.29. The molecule has 1 aliphatic rings. The molecule has 94 valence electrons. The van der Waals surface area contributed by atoms with Gasteiger partial charge in [0.25, 0.3) is 0 Å². The van der Waals surface area contributed by atoms with Crippen LogP contribution in [0.1, 0.15) is 24.8 Å². The highest BCUT2D eigenvalue weighted by molar-refractivity contribution is 5.13. The van der Waals surface area contributed by atoms with Crippen LogP contribution in [0.15, 0.2) is 30.3 Å². The van der Waals surface area contributed by atoms with Gasteiger partial charge in [-0.25, -0.2) is 0 Å². The van der Waals surface area contributed by atoms with Gasteiger partial charge in [-0.05, 0) is 24.8 Å². The molecule has 1 fully saturated rings. The van der Waals surface area contributed by atoms with E-state index in [1.165, 1.54) is 5.56 Å². The zero-order valence-corrected chi connectivity index (χ0v) is 10.2. The van der Waals surface area contributed by atoms with E-state index in [0.29, 0.717) is 13.2 Å². The third-order valence-electron chi connectivity index (χ3n) is 3.21. The molecule has 1 aliphatic heterocycles. The highest BCUT2D eigenvalue weighted by Gasteiger charge is 2.29. The highest BCUT2D eigenvalue weighted by Crippen LogP contribution is 2.20. The molecule has 2 rings (SSSR count). The van der Waals surface area contributed by atoms with Crippen molar-refractivity contribution in [2.24, 2.45) is 5.73 Å². The zero-order chi connectivity index (χ0) is 12.0. The maximum atomic E-state index is 6.17. The monoisotopic (exact) mass is 235 g/mol. The van der Waals surface area contributed by atoms with E-state index in [0.717, 1.165) is 32.5 Å². The van der Waals surface area contributed by atoms with Crippen LogP contribution >= 0.6 is 0 Å². The molecule has 0 aromatic heterocycles. The maximum Gasteiger partial charge on any atom is 0.0716 e. The van der Waals surface area contributed by atoms with Crippen molar-refractivity contribution in [3.63, 3.8) is 0 Å². The van der Waals surface area contributed by atoms with Gasteiger partial charge < -0.3 is 15.2 Å². The molecule has 1 saturated heterocycles. The van der Waals surface area contributed by atoms with Crippen LogP contribution in [0.3, 0.4) is 0 Å². The van der Waals surface area contributed by atoms with E-state index in [-0.39, 0.29) is 5.54 Å². The molecule has 1 unspecified atom stereocenters. The largest absolute Gasteiger partial charge is 0.379 e. The molecule has 3 heteroatoms. The van der Waals surface area contributed by atoms with Gasteiger partial charge in [-0.3, -0.25) is 0 Å². The Kier molecular flexibility index (Phi) is 4.54. The van der Waals surface area contributed by atoms with Crippen molar-refractivity contribution in [2.45, 2.75) is 31.4 Å². The third-order valence-corrected chi connectivity index (χ3v) is 3.21. The lowest BCUT2D eigenvalue weighted by molar-refractivity contribution is 0.109. The first-order valence-electron chi connectivity index (χ1n) is 6.27. The first-order chi connectivity index (χ1) is 8.29. The van der Waals surface area contributed by atoms with Crippen LogP contribution in [-0.4, -0.2) is 25.4 Å². The van der Waals surface area contributed by atoms with Crippen LogP contribution in [0.4, 0.5) is 0 Å². The van der Waals surface area contributed by atoms with E-state index in [1.54, 1.807) is 0 Å². The van der Waals surface area contributed by atoms with Crippen molar-refractivity contribution in [3.8, 4) is 0 Å². The average molecular weight is 235 g/mol. The van der Waals surface area contributed by atoms with Gasteiger partial charge in [0.2, 0.25) is 0 Å². The zero-order valence-electron chi connectivity index (χ0n) is 10.2. The first kappa shape index (κ1) is 12.6. The van der Waals surface area contributed by atoms with Gasteiger partial charge in [0, 0.05) is 18.8 Å². The Hall–Kier alpha value is -0.900. The second-order valence-electron chi connectivity index (χ2n) is 4.81. The van der Waals surface area contributed by atoms with Crippen molar-refractivity contribution in [1.82, 2.24) is 0 Å². The fourth-order valence-corrected chi connectivity index (χ4v) is 2.11. The minimum Gasteiger partial charge on any atom is -0.379 e. The summed E-state index contributed by atoms with van der Waals surface area (Å²) in [6.07, 6.45) is 2.97. The van der Waals surface area contributed by atoms with Gasteiger partial charge >= 0.3 is 0 Å². The Bertz CT molecular complexity index is 320. The standard InChI is InChI=1S/C14H21NO2/c15-14(8-10-17-12-14)7-4-9-16-11-13-5-2-1-3-6-13/h1-3,5-6H,4,7-12,15H2. The van der Waals surface area contributed by atoms with E-state index in [4.69, 9.17) is 15.2 Å². The maximum absolute atomic E-state index is 6.17. The van der Waals surface area contributed by atoms with E-state index in [9.17, 15) is 0 Å². The predicted octanol–water partition coefficient (Wildman–Crippen LogP) is 2.10. The molecule has 1 aromatic carbocycles. The fraction of sp³-hybridized carbons (Fsp3) is 0.571. The number of ether oxygens (including phenoxy) is 2. The summed E-state index contributed by atoms with van der Waals surface area (Å²) < 4.78 is 10.9. The molecule has 17 heavy (non-hydrogen) atoms. The molecule has 1 aromatic rings. The molecule has 0 bridgehead atoms. The Labute approximate surface area is 103 Å². The molecule has 0 spiro atoms. The quantitative estimate of drug-likeness (QED) is 0.768. The predicted molar refractivity (Wildman–Crippen MR) is 67.7 cm³/mol. The van der Waals surface area contributed by atoms with E-state index >= 15 is 0 Å². The van der Waals surface area contributed by atoms with Crippen molar-refractivity contribution < 1.29 is 9.47 Å². The van der Waals surface area contributed by atoms with Crippen LogP contribution in [0, 0.1) is 0 Å². The number of nitrogens with two attached hydrogens (primary N) is 1. The summed E-state index contributed by atoms with van der Waals surface area (Å²) in [4.78, 5) is 0. The van der Waals surface area contributed by atoms with Crippen LogP contribution in [0.25, 0.3) is 0 Å². The summed E-state index contributed by atoms with van der Waals surface area (Å²) in [5.74, 6) is 0. The van der Waals surface area contributed by atoms with Crippen LogP contribution in [-0.2, 0) is 16.1 Å². The molecular formula is C14H21NO2. The summed E-state index contributed by atoms with van der Waals surface area (Å²) in [5, 5.41) is 0. The Morgan fingerprint density at radius 1 is 1.29 bits per heavy atom. The van der Waals surface area contributed by atoms with Crippen molar-refractivity contribution in [1.29, 1.82) is 0 Å². The molecule has 0 saturated carbocycles. The van der Waals surface area contributed by atoms with Gasteiger partial charge in [-0.2, -0.15) is 0 Å². The lowest BCUT2D eigenvalue weighted by atomic mass is 9.94. The van der Waals surface area contributed by atoms with Crippen LogP contribution in [0.5, 0.6) is 0 Å². The van der Waals surface area contributed by atoms with E-state index in [1.807, 2.05) is 18.2 Å². The number of hydrogen-bond donors (Lipinski definition) is 1. The second-order valence-corrected chi connectivity index (χ2v) is 4.81. The van der Waals surface area contributed by atoms with Crippen LogP contribution in [0.2, 0.25) is 0 Å². The molecule has 3 nitrogen and oxygen atoms in total. The number of rotatable bonds is 6. The topological polar surface area (TPSA) is 44.5 Å². The minimum absolute atomic E-state index is 0.101. The summed E-state index contributed by atoms with van der Waals surface area (Å²) >= 11 is 0. The SMILES string of the molecule is NC1(CCCOCc2ccccc2)CCOC1. The second kappa shape index (κ2) is 6.15. The Morgan fingerprint density at radius 3 is 2.82 bits per heavy atom. The minimum atomic E-state index is -0.101. The summed E-state index contributed by atoms with van der Waals surface area (Å²) in [7, 11) is 0. The van der Waals surface area contributed by atoms with Gasteiger partial charge in [0.15, 0.2) is 0 Å². The van der Waals surface area contributed by atoms with Gasteiger partial charge in [0.1, 0.15) is 0 Å². The van der Waals surface area contributed by atoms with Crippen molar-refractivity contribution in [3.05, 3.63) is 35.9 Å². The van der Waals surface area contributed by atoms with Crippen LogP contribution < -0.4 is 5.73 Å². The first-order valence-corrected chi connectivity index (χ1v) is 6.27. The highest BCUT2D eigenvalue weighted by atomic mass is 16.5. The lowest BCUT2D eigenvalue weighted by Crippen LogP contribution is -2.40. The molecule has 0 amide bonds. The molecular weight excluding hydrogens is 214 g/mol. The van der Waals surface area contributed by atoms with E-state index < -0.39 is 0 Å². The Balaban J connectivity index is 1.58. The molecule has 0 radical (unpaired) electrons. The molecule has 1 atom stereocenters. The fourth-order valence-electron chi connectivity index (χ4n) is 2.11. The van der Waals surface area contributed by atoms with Crippen molar-refractivity contribution in [2.75, 3.05) is 19.8 Å². The van der Waals surface area contributed by atoms with Gasteiger partial charge in [0.05, 0.1) is 13.2 Å². The van der Waals surface area contributed by atoms with Gasteiger partial charge in [-0.1, -0.05) is 30.3 Å². The number of hydrogen-bond acceptors (Lipinski definition) is 3. The Morgan fingerprint density at radius 2 is 2.12 bits per heavy atom. The van der Waals surface area contributed by atoms with Crippen molar-refractivity contribution >= 4 is 0 Å². The smallest absolute Gasteiger partial charge is 0.0716 e. The molecule has 0 aliphatic carbocycles. The summed E-state index contributed by atoms with van der Waals surface area (Å²) in [6, 6.07) is 10.2. The van der Waals surface area contributed by atoms with E-state index in [2.05, 4.69) is 12.1 Å². The number of benzene rings is 1. The van der Waals surface area contributed by atoms with Gasteiger partial charge in [-0.15, -0.1) is 0 Å². The normalized spacial score (nSPS) is 24.1. The average Bonchev–Trinajstić information content (AvgIpc) is 2.77. The molecule has 2 N–H and O–H groups in total. The summed E-state index contributed by atoms with van der Waals surface area (Å²) in [6.45, 7) is 2.97. The third kappa shape index (κ3) is 4.11. The molecule has 1 heterocycles. The lowest BCUT2D eigenvalue weighted by Gasteiger charge is -2.21.